The molecule has 52 heavy (non-hydrogen) atoms. The van der Waals surface area contributed by atoms with E-state index in [1.165, 1.54) is 5.56 Å². The van der Waals surface area contributed by atoms with Gasteiger partial charge in [0.2, 0.25) is 5.89 Å². The molecule has 5 heteroatoms. The normalized spacial score (nSPS) is 11.8. The molecule has 0 atom stereocenters. The number of rotatable bonds is 5. The largest absolute Gasteiger partial charge is 0.456 e. The Morgan fingerprint density at radius 1 is 0.385 bits per heavy atom. The Morgan fingerprint density at radius 2 is 1.02 bits per heavy atom. The molecule has 0 N–H and O–H groups in total. The van der Waals surface area contributed by atoms with Crippen molar-refractivity contribution in [2.45, 2.75) is 0 Å². The quantitative estimate of drug-likeness (QED) is 0.183. The van der Waals surface area contributed by atoms with Gasteiger partial charge in [0.15, 0.2) is 5.58 Å². The fourth-order valence-corrected chi connectivity index (χ4v) is 7.63. The zero-order valence-electron chi connectivity index (χ0n) is 27.8. The van der Waals surface area contributed by atoms with Crippen molar-refractivity contribution in [1.82, 2.24) is 4.98 Å². The molecule has 0 radical (unpaired) electrons. The molecule has 11 aromatic rings. The van der Waals surface area contributed by atoms with Crippen LogP contribution in [0.25, 0.3) is 88.3 Å². The lowest BCUT2D eigenvalue weighted by molar-refractivity contribution is 0.619. The van der Waals surface area contributed by atoms with Crippen LogP contribution >= 0.6 is 0 Å². The topological polar surface area (TPSA) is 55.6 Å². The maximum absolute atomic E-state index is 6.73. The summed E-state index contributed by atoms with van der Waals surface area (Å²) in [6.07, 6.45) is 0. The van der Waals surface area contributed by atoms with Crippen molar-refractivity contribution in [2.75, 3.05) is 4.90 Å². The van der Waals surface area contributed by atoms with Crippen molar-refractivity contribution in [3.63, 3.8) is 0 Å². The van der Waals surface area contributed by atoms with Gasteiger partial charge in [-0.15, -0.1) is 0 Å². The highest BCUT2D eigenvalue weighted by Crippen LogP contribution is 2.48. The molecular weight excluding hydrogens is 641 g/mol. The van der Waals surface area contributed by atoms with Crippen LogP contribution in [0.15, 0.2) is 183 Å². The molecule has 5 nitrogen and oxygen atoms in total. The van der Waals surface area contributed by atoms with Crippen molar-refractivity contribution >= 4 is 82.8 Å². The van der Waals surface area contributed by atoms with Gasteiger partial charge >= 0.3 is 0 Å². The van der Waals surface area contributed by atoms with Crippen LogP contribution in [0.3, 0.4) is 0 Å². The number of benzene rings is 8. The lowest BCUT2D eigenvalue weighted by Gasteiger charge is -2.28. The number of para-hydroxylation sites is 3. The number of aromatic nitrogens is 1. The average molecular weight is 669 g/mol. The third-order valence-electron chi connectivity index (χ3n) is 10.1. The summed E-state index contributed by atoms with van der Waals surface area (Å²) in [5, 5.41) is 6.41. The highest BCUT2D eigenvalue weighted by molar-refractivity contribution is 6.22. The van der Waals surface area contributed by atoms with Crippen molar-refractivity contribution in [3.8, 4) is 22.6 Å². The van der Waals surface area contributed by atoms with E-state index in [0.29, 0.717) is 5.89 Å². The van der Waals surface area contributed by atoms with E-state index in [-0.39, 0.29) is 0 Å². The van der Waals surface area contributed by atoms with Crippen LogP contribution in [0.1, 0.15) is 0 Å². The number of hydrogen-bond donors (Lipinski definition) is 0. The van der Waals surface area contributed by atoms with E-state index in [2.05, 4.69) is 126 Å². The van der Waals surface area contributed by atoms with Gasteiger partial charge in [0.25, 0.3) is 0 Å². The molecule has 244 valence electrons. The third-order valence-corrected chi connectivity index (χ3v) is 10.1. The first-order valence-electron chi connectivity index (χ1n) is 17.4. The predicted octanol–water partition coefficient (Wildman–Crippen LogP) is 13.6. The molecule has 0 aliphatic heterocycles. The number of anilines is 3. The standard InChI is InChI=1S/C47H28N2O3/c1-2-10-29(11-3-1)30-18-21-33(22-19-30)49(34-23-25-37-36-14-6-8-16-40(36)50-43(37)28-34)46-35-13-5-4-12-31(35)26-44-45(46)38-24-20-32(27-42(38)51-44)47-48-39-15-7-9-17-41(39)52-47/h1-28H. The lowest BCUT2D eigenvalue weighted by atomic mass is 9.99. The minimum atomic E-state index is 0.563. The Bertz CT molecular complexity index is 3100. The first-order chi connectivity index (χ1) is 25.7. The van der Waals surface area contributed by atoms with E-state index in [1.54, 1.807) is 0 Å². The van der Waals surface area contributed by atoms with Crippen molar-refractivity contribution in [2.24, 2.45) is 0 Å². The molecule has 0 aliphatic carbocycles. The van der Waals surface area contributed by atoms with Crippen LogP contribution in [0.4, 0.5) is 17.1 Å². The Hall–Kier alpha value is -7.11. The summed E-state index contributed by atoms with van der Waals surface area (Å²) < 4.78 is 19.3. The highest BCUT2D eigenvalue weighted by atomic mass is 16.4. The molecule has 0 bridgehead atoms. The monoisotopic (exact) mass is 668 g/mol. The summed E-state index contributed by atoms with van der Waals surface area (Å²) in [6.45, 7) is 0. The first-order valence-corrected chi connectivity index (χ1v) is 17.4. The summed E-state index contributed by atoms with van der Waals surface area (Å²) >= 11 is 0. The van der Waals surface area contributed by atoms with Gasteiger partial charge in [-0.05, 0) is 83.2 Å². The van der Waals surface area contributed by atoms with Crippen molar-refractivity contribution < 1.29 is 13.3 Å². The first kappa shape index (κ1) is 28.7. The summed E-state index contributed by atoms with van der Waals surface area (Å²) in [5.41, 5.74) is 11.1. The van der Waals surface area contributed by atoms with Crippen LogP contribution < -0.4 is 4.90 Å². The fourth-order valence-electron chi connectivity index (χ4n) is 7.63. The summed E-state index contributed by atoms with van der Waals surface area (Å²) in [5.74, 6) is 0.563. The molecule has 0 aliphatic rings. The van der Waals surface area contributed by atoms with Gasteiger partial charge in [0.1, 0.15) is 27.8 Å². The molecule has 0 fully saturated rings. The molecular formula is C47H28N2O3. The molecule has 0 unspecified atom stereocenters. The summed E-state index contributed by atoms with van der Waals surface area (Å²) in [4.78, 5) is 7.10. The molecule has 0 spiro atoms. The zero-order chi connectivity index (χ0) is 34.2. The predicted molar refractivity (Wildman–Crippen MR) is 212 cm³/mol. The fraction of sp³-hybridized carbons (Fsp3) is 0. The van der Waals surface area contributed by atoms with E-state index in [1.807, 2.05) is 48.5 Å². The smallest absolute Gasteiger partial charge is 0.227 e. The van der Waals surface area contributed by atoms with E-state index in [9.17, 15) is 0 Å². The summed E-state index contributed by atoms with van der Waals surface area (Å²) in [6, 6.07) is 58.7. The van der Waals surface area contributed by atoms with Crippen LogP contribution in [0.2, 0.25) is 0 Å². The molecule has 0 saturated carbocycles. The van der Waals surface area contributed by atoms with Crippen LogP contribution in [0.5, 0.6) is 0 Å². The minimum Gasteiger partial charge on any atom is -0.456 e. The Balaban J connectivity index is 1.17. The third kappa shape index (κ3) is 4.46. The molecule has 8 aromatic carbocycles. The molecule has 11 rings (SSSR count). The average Bonchev–Trinajstić information content (AvgIpc) is 3.91. The Kier molecular flexibility index (Phi) is 6.18. The van der Waals surface area contributed by atoms with Crippen LogP contribution in [-0.2, 0) is 0 Å². The zero-order valence-corrected chi connectivity index (χ0v) is 27.8. The van der Waals surface area contributed by atoms with Crippen molar-refractivity contribution in [1.29, 1.82) is 0 Å². The molecule has 3 heterocycles. The summed E-state index contributed by atoms with van der Waals surface area (Å²) in [7, 11) is 0. The second-order valence-electron chi connectivity index (χ2n) is 13.1. The van der Waals surface area contributed by atoms with Gasteiger partial charge in [-0.2, -0.15) is 0 Å². The Labute approximate surface area is 297 Å². The van der Waals surface area contributed by atoms with Gasteiger partial charge < -0.3 is 18.2 Å². The van der Waals surface area contributed by atoms with Gasteiger partial charge in [-0.3, -0.25) is 0 Å². The SMILES string of the molecule is c1ccc(-c2ccc(N(c3ccc4c(c3)oc3ccccc34)c3c4ccccc4cc4oc5cc(-c6nc7ccccc7o6)ccc5c34)cc2)cc1. The van der Waals surface area contributed by atoms with E-state index in [4.69, 9.17) is 18.2 Å². The Morgan fingerprint density at radius 3 is 1.88 bits per heavy atom. The van der Waals surface area contributed by atoms with Crippen molar-refractivity contribution in [3.05, 3.63) is 170 Å². The molecule has 3 aromatic heterocycles. The van der Waals surface area contributed by atoms with Crippen LogP contribution in [0, 0.1) is 0 Å². The maximum Gasteiger partial charge on any atom is 0.227 e. The number of nitrogens with zero attached hydrogens (tertiary/aromatic N) is 2. The lowest BCUT2D eigenvalue weighted by Crippen LogP contribution is -2.11. The van der Waals surface area contributed by atoms with Gasteiger partial charge in [-0.25, -0.2) is 4.98 Å². The van der Waals surface area contributed by atoms with E-state index in [0.717, 1.165) is 93.9 Å². The van der Waals surface area contributed by atoms with E-state index < -0.39 is 0 Å². The number of fused-ring (bicyclic) bond motifs is 8. The second-order valence-corrected chi connectivity index (χ2v) is 13.1. The van der Waals surface area contributed by atoms with Gasteiger partial charge in [0, 0.05) is 44.5 Å². The minimum absolute atomic E-state index is 0.563. The highest BCUT2D eigenvalue weighted by Gasteiger charge is 2.24. The van der Waals surface area contributed by atoms with Gasteiger partial charge in [0.05, 0.1) is 11.1 Å². The molecule has 0 saturated heterocycles. The number of oxazole rings is 1. The number of furan rings is 2. The maximum atomic E-state index is 6.73. The number of hydrogen-bond acceptors (Lipinski definition) is 5. The molecule has 0 amide bonds. The van der Waals surface area contributed by atoms with Crippen LogP contribution in [-0.4, -0.2) is 4.98 Å². The van der Waals surface area contributed by atoms with E-state index >= 15 is 0 Å². The van der Waals surface area contributed by atoms with Gasteiger partial charge in [-0.1, -0.05) is 97.1 Å². The second kappa shape index (κ2) is 11.2.